The Balaban J connectivity index is 3.12. The minimum Gasteiger partial charge on any atom is -0.488 e. The van der Waals surface area contributed by atoms with Gasteiger partial charge in [0.1, 0.15) is 11.4 Å². The molecule has 0 atom stereocenters. The van der Waals surface area contributed by atoms with E-state index in [0.29, 0.717) is 11.3 Å². The number of carbonyl (C=O) groups excluding carboxylic acids is 1. The first-order chi connectivity index (χ1) is 8.33. The molecule has 0 aliphatic rings. The number of nitrogens with zero attached hydrogens (tertiary/aromatic N) is 1. The molecule has 0 unspecified atom stereocenters. The molecule has 5 nitrogen and oxygen atoms in total. The first-order valence-corrected chi connectivity index (χ1v) is 5.42. The van der Waals surface area contributed by atoms with Gasteiger partial charge < -0.3 is 9.84 Å². The zero-order valence-electron chi connectivity index (χ0n) is 10.6. The van der Waals surface area contributed by atoms with E-state index >= 15 is 0 Å². The predicted octanol–water partition coefficient (Wildman–Crippen LogP) is 2.40. The van der Waals surface area contributed by atoms with Gasteiger partial charge in [-0.1, -0.05) is 0 Å². The quantitative estimate of drug-likeness (QED) is 0.656. The zero-order chi connectivity index (χ0) is 13.8. The van der Waals surface area contributed by atoms with E-state index in [9.17, 15) is 9.59 Å². The van der Waals surface area contributed by atoms with Crippen molar-refractivity contribution in [3.8, 4) is 5.75 Å². The van der Waals surface area contributed by atoms with Crippen LogP contribution in [0.1, 0.15) is 36.7 Å². The highest BCUT2D eigenvalue weighted by Gasteiger charge is 2.15. The Bertz CT molecular complexity index is 496. The molecule has 18 heavy (non-hydrogen) atoms. The fourth-order valence-corrected chi connectivity index (χ4v) is 1.44. The third-order valence-electron chi connectivity index (χ3n) is 2.05. The average Bonchev–Trinajstić information content (AvgIpc) is 2.23. The maximum absolute atomic E-state index is 11.0. The van der Waals surface area contributed by atoms with Crippen molar-refractivity contribution in [2.24, 2.45) is 4.99 Å². The Kier molecular flexibility index (Phi) is 4.23. The first kappa shape index (κ1) is 13.9. The van der Waals surface area contributed by atoms with Gasteiger partial charge in [-0.3, -0.25) is 0 Å². The molecule has 0 amide bonds. The fraction of sp³-hybridized carbons (Fsp3) is 0.385. The lowest BCUT2D eigenvalue weighted by Gasteiger charge is -2.21. The molecule has 1 N–H and O–H groups in total. The fourth-order valence-electron chi connectivity index (χ4n) is 1.44. The van der Waals surface area contributed by atoms with Gasteiger partial charge in [-0.2, -0.15) is 0 Å². The Labute approximate surface area is 105 Å². The van der Waals surface area contributed by atoms with E-state index in [-0.39, 0.29) is 17.7 Å². The lowest BCUT2D eigenvalue weighted by Crippen LogP contribution is -2.23. The average molecular weight is 249 g/mol. The molecular formula is C13H15NO4. The summed E-state index contributed by atoms with van der Waals surface area (Å²) in [5, 5.41) is 9.01. The van der Waals surface area contributed by atoms with Gasteiger partial charge in [0.2, 0.25) is 6.08 Å². The molecule has 0 aromatic heterocycles. The molecule has 0 fully saturated rings. The number of hydrogen-bond donors (Lipinski definition) is 1. The maximum Gasteiger partial charge on any atom is 0.336 e. The van der Waals surface area contributed by atoms with Crippen LogP contribution >= 0.6 is 0 Å². The van der Waals surface area contributed by atoms with Crippen molar-refractivity contribution in [1.82, 2.24) is 0 Å². The molecule has 0 saturated heterocycles. The zero-order valence-corrected chi connectivity index (χ0v) is 10.6. The monoisotopic (exact) mass is 249 g/mol. The lowest BCUT2D eigenvalue weighted by atomic mass is 10.1. The molecule has 1 rings (SSSR count). The van der Waals surface area contributed by atoms with Crippen LogP contribution in [0.2, 0.25) is 0 Å². The second-order valence-electron chi connectivity index (χ2n) is 4.75. The minimum atomic E-state index is -1.06. The summed E-state index contributed by atoms with van der Waals surface area (Å²) in [5.41, 5.74) is 0.151. The van der Waals surface area contributed by atoms with Crippen LogP contribution in [0.25, 0.3) is 0 Å². The Morgan fingerprint density at radius 1 is 1.44 bits per heavy atom. The van der Waals surface area contributed by atoms with Gasteiger partial charge in [0.25, 0.3) is 0 Å². The van der Waals surface area contributed by atoms with Crippen molar-refractivity contribution in [3.63, 3.8) is 0 Å². The lowest BCUT2D eigenvalue weighted by molar-refractivity contribution is 0.0695. The predicted molar refractivity (Wildman–Crippen MR) is 65.6 cm³/mol. The molecule has 0 aliphatic heterocycles. The molecule has 1 aromatic carbocycles. The molecule has 0 radical (unpaired) electrons. The van der Waals surface area contributed by atoms with Crippen LogP contribution in [0.4, 0.5) is 0 Å². The van der Waals surface area contributed by atoms with Crippen molar-refractivity contribution >= 4 is 12.0 Å². The number of aliphatic imine (C=N–C) groups is 1. The number of ether oxygens (including phenoxy) is 1. The highest BCUT2D eigenvalue weighted by Crippen LogP contribution is 2.22. The van der Waals surface area contributed by atoms with Crippen molar-refractivity contribution in [1.29, 1.82) is 0 Å². The van der Waals surface area contributed by atoms with Crippen LogP contribution in [0.15, 0.2) is 23.2 Å². The van der Waals surface area contributed by atoms with E-state index in [1.54, 1.807) is 12.1 Å². The van der Waals surface area contributed by atoms with E-state index in [0.717, 1.165) is 0 Å². The second kappa shape index (κ2) is 5.47. The van der Waals surface area contributed by atoms with Gasteiger partial charge in [0.05, 0.1) is 12.1 Å². The number of benzene rings is 1. The molecule has 0 heterocycles. The van der Waals surface area contributed by atoms with E-state index in [4.69, 9.17) is 9.84 Å². The van der Waals surface area contributed by atoms with Gasteiger partial charge in [-0.05, 0) is 44.5 Å². The van der Waals surface area contributed by atoms with E-state index in [2.05, 4.69) is 4.99 Å². The Morgan fingerprint density at radius 2 is 2.11 bits per heavy atom. The molecule has 1 aromatic rings. The molecule has 0 saturated carbocycles. The molecular weight excluding hydrogens is 234 g/mol. The summed E-state index contributed by atoms with van der Waals surface area (Å²) < 4.78 is 5.62. The number of hydrogen-bond acceptors (Lipinski definition) is 4. The summed E-state index contributed by atoms with van der Waals surface area (Å²) in [6.45, 7) is 5.65. The molecule has 0 bridgehead atoms. The number of aromatic carboxylic acids is 1. The summed E-state index contributed by atoms with van der Waals surface area (Å²) in [4.78, 5) is 24.5. The van der Waals surface area contributed by atoms with Crippen LogP contribution in [-0.4, -0.2) is 22.8 Å². The van der Waals surface area contributed by atoms with E-state index in [1.807, 2.05) is 20.8 Å². The third kappa shape index (κ3) is 4.03. The normalized spacial score (nSPS) is 10.6. The number of carboxylic acids is 1. The molecule has 0 aliphatic carbocycles. The Hall–Kier alpha value is -2.13. The summed E-state index contributed by atoms with van der Waals surface area (Å²) >= 11 is 0. The van der Waals surface area contributed by atoms with Crippen LogP contribution in [0, 0.1) is 0 Å². The highest BCUT2D eigenvalue weighted by molar-refractivity contribution is 5.89. The molecule has 0 spiro atoms. The molecule has 96 valence electrons. The summed E-state index contributed by atoms with van der Waals surface area (Å²) in [6.07, 6.45) is 1.39. The third-order valence-corrected chi connectivity index (χ3v) is 2.05. The van der Waals surface area contributed by atoms with Crippen LogP contribution in [0.5, 0.6) is 5.75 Å². The minimum absolute atomic E-state index is 0.0214. The van der Waals surface area contributed by atoms with Gasteiger partial charge >= 0.3 is 5.97 Å². The molecule has 5 heteroatoms. The SMILES string of the molecule is CC(C)(C)Oc1ccc(C(=O)O)c(CN=C=O)c1. The number of isocyanates is 1. The van der Waals surface area contributed by atoms with Crippen LogP contribution < -0.4 is 4.74 Å². The van der Waals surface area contributed by atoms with Crippen LogP contribution in [0.3, 0.4) is 0 Å². The maximum atomic E-state index is 11.0. The van der Waals surface area contributed by atoms with Crippen molar-refractivity contribution in [2.45, 2.75) is 32.9 Å². The summed E-state index contributed by atoms with van der Waals surface area (Å²) in [7, 11) is 0. The standard InChI is InChI=1S/C13H15NO4/c1-13(2,3)18-10-4-5-11(12(16)17)9(6-10)7-14-8-15/h4-6H,7H2,1-3H3,(H,16,17). The Morgan fingerprint density at radius 3 is 2.61 bits per heavy atom. The largest absolute Gasteiger partial charge is 0.488 e. The van der Waals surface area contributed by atoms with E-state index < -0.39 is 5.97 Å². The van der Waals surface area contributed by atoms with Gasteiger partial charge in [0.15, 0.2) is 0 Å². The number of carbonyl (C=O) groups is 1. The topological polar surface area (TPSA) is 76.0 Å². The number of carboxylic acid groups (broad SMARTS) is 1. The highest BCUT2D eigenvalue weighted by atomic mass is 16.5. The first-order valence-electron chi connectivity index (χ1n) is 5.42. The van der Waals surface area contributed by atoms with Gasteiger partial charge in [-0.25, -0.2) is 14.6 Å². The number of rotatable bonds is 4. The van der Waals surface area contributed by atoms with Crippen LogP contribution in [-0.2, 0) is 11.3 Å². The smallest absolute Gasteiger partial charge is 0.336 e. The van der Waals surface area contributed by atoms with Gasteiger partial charge in [0, 0.05) is 0 Å². The van der Waals surface area contributed by atoms with Crippen molar-refractivity contribution in [2.75, 3.05) is 0 Å². The van der Waals surface area contributed by atoms with Gasteiger partial charge in [-0.15, -0.1) is 0 Å². The van der Waals surface area contributed by atoms with E-state index in [1.165, 1.54) is 12.1 Å². The van der Waals surface area contributed by atoms with Crippen molar-refractivity contribution in [3.05, 3.63) is 29.3 Å². The second-order valence-corrected chi connectivity index (χ2v) is 4.75. The summed E-state index contributed by atoms with van der Waals surface area (Å²) in [6, 6.07) is 4.61. The summed E-state index contributed by atoms with van der Waals surface area (Å²) in [5.74, 6) is -0.517. The van der Waals surface area contributed by atoms with Crippen molar-refractivity contribution < 1.29 is 19.4 Å².